The van der Waals surface area contributed by atoms with Gasteiger partial charge < -0.3 is 14.6 Å². The van der Waals surface area contributed by atoms with Crippen molar-refractivity contribution < 1.29 is 19.4 Å². The molecule has 0 aliphatic rings. The maximum absolute atomic E-state index is 10.8. The molecule has 1 N–H and O–H groups in total. The molecule has 1 aromatic heterocycles. The van der Waals surface area contributed by atoms with E-state index >= 15 is 0 Å². The van der Waals surface area contributed by atoms with Gasteiger partial charge in [0.2, 0.25) is 0 Å². The van der Waals surface area contributed by atoms with Crippen molar-refractivity contribution in [2.75, 3.05) is 13.7 Å². The normalized spacial score (nSPS) is 10.6. The van der Waals surface area contributed by atoms with Gasteiger partial charge in [0.1, 0.15) is 5.01 Å². The molecule has 0 aliphatic carbocycles. The van der Waals surface area contributed by atoms with Crippen LogP contribution in [-0.2, 0) is 11.2 Å². The standard InChI is InChI=1S/C17H20ClNO4S/c1-3-4-5-6-23-16-13(18)7-11(8-14(16)22-2)17-19-12(10-24-17)9-15(20)21/h7-8,10H,3-6,9H2,1-2H3,(H,20,21). The highest BCUT2D eigenvalue weighted by atomic mass is 35.5. The van der Waals surface area contributed by atoms with Crippen LogP contribution >= 0.6 is 22.9 Å². The van der Waals surface area contributed by atoms with Crippen molar-refractivity contribution >= 4 is 28.9 Å². The van der Waals surface area contributed by atoms with E-state index in [2.05, 4.69) is 11.9 Å². The van der Waals surface area contributed by atoms with E-state index in [1.165, 1.54) is 11.3 Å². The molecule has 130 valence electrons. The second-order valence-electron chi connectivity index (χ2n) is 5.26. The predicted octanol–water partition coefficient (Wildman–Crippen LogP) is 4.67. The quantitative estimate of drug-likeness (QED) is 0.650. The number of hydrogen-bond acceptors (Lipinski definition) is 5. The number of rotatable bonds is 9. The van der Waals surface area contributed by atoms with Crippen molar-refractivity contribution in [3.05, 3.63) is 28.2 Å². The highest BCUT2D eigenvalue weighted by Crippen LogP contribution is 2.40. The van der Waals surface area contributed by atoms with E-state index in [0.29, 0.717) is 33.8 Å². The molecule has 0 spiro atoms. The number of nitrogens with zero attached hydrogens (tertiary/aromatic N) is 1. The average Bonchev–Trinajstić information content (AvgIpc) is 3.00. The number of carboxylic acids is 1. The van der Waals surface area contributed by atoms with Gasteiger partial charge in [-0.25, -0.2) is 4.98 Å². The first-order valence-corrected chi connectivity index (χ1v) is 8.97. The monoisotopic (exact) mass is 369 g/mol. The average molecular weight is 370 g/mol. The molecule has 0 unspecified atom stereocenters. The lowest BCUT2D eigenvalue weighted by Gasteiger charge is -2.13. The Morgan fingerprint density at radius 1 is 1.38 bits per heavy atom. The SMILES string of the molecule is CCCCCOc1c(Cl)cc(-c2nc(CC(=O)O)cs2)cc1OC. The van der Waals surface area contributed by atoms with E-state index in [1.807, 2.05) is 6.07 Å². The van der Waals surface area contributed by atoms with Crippen LogP contribution in [0, 0.1) is 0 Å². The van der Waals surface area contributed by atoms with Crippen molar-refractivity contribution in [2.45, 2.75) is 32.6 Å². The van der Waals surface area contributed by atoms with Crippen LogP contribution < -0.4 is 9.47 Å². The fraction of sp³-hybridized carbons (Fsp3) is 0.412. The number of aliphatic carboxylic acids is 1. The lowest BCUT2D eigenvalue weighted by atomic mass is 10.2. The molecular weight excluding hydrogens is 350 g/mol. The van der Waals surface area contributed by atoms with Crippen LogP contribution in [0.3, 0.4) is 0 Å². The molecular formula is C17H20ClNO4S. The summed E-state index contributed by atoms with van der Waals surface area (Å²) in [6, 6.07) is 3.58. The third kappa shape index (κ3) is 4.85. The van der Waals surface area contributed by atoms with Gasteiger partial charge in [0.05, 0.1) is 30.9 Å². The summed E-state index contributed by atoms with van der Waals surface area (Å²) < 4.78 is 11.1. The van der Waals surface area contributed by atoms with E-state index in [-0.39, 0.29) is 6.42 Å². The van der Waals surface area contributed by atoms with Gasteiger partial charge in [0.25, 0.3) is 0 Å². The first-order valence-electron chi connectivity index (χ1n) is 7.72. The number of hydrogen-bond donors (Lipinski definition) is 1. The number of methoxy groups -OCH3 is 1. The summed E-state index contributed by atoms with van der Waals surface area (Å²) in [4.78, 5) is 15.1. The molecule has 7 heteroatoms. The van der Waals surface area contributed by atoms with Crippen molar-refractivity contribution in [2.24, 2.45) is 0 Å². The van der Waals surface area contributed by atoms with Gasteiger partial charge in [0, 0.05) is 10.9 Å². The summed E-state index contributed by atoms with van der Waals surface area (Å²) >= 11 is 7.72. The molecule has 1 aromatic carbocycles. The largest absolute Gasteiger partial charge is 0.493 e. The minimum atomic E-state index is -0.904. The molecule has 0 aliphatic heterocycles. The Morgan fingerprint density at radius 2 is 2.17 bits per heavy atom. The molecule has 0 atom stereocenters. The number of carboxylic acid groups (broad SMARTS) is 1. The van der Waals surface area contributed by atoms with Gasteiger partial charge in [0.15, 0.2) is 11.5 Å². The number of aromatic nitrogens is 1. The minimum absolute atomic E-state index is 0.0972. The molecule has 5 nitrogen and oxygen atoms in total. The molecule has 0 bridgehead atoms. The third-order valence-electron chi connectivity index (χ3n) is 3.35. The molecule has 24 heavy (non-hydrogen) atoms. The van der Waals surface area contributed by atoms with E-state index < -0.39 is 5.97 Å². The fourth-order valence-electron chi connectivity index (χ4n) is 2.19. The smallest absolute Gasteiger partial charge is 0.309 e. The Hall–Kier alpha value is -1.79. The molecule has 0 saturated carbocycles. The number of ether oxygens (including phenoxy) is 2. The number of benzene rings is 1. The lowest BCUT2D eigenvalue weighted by molar-refractivity contribution is -0.136. The third-order valence-corrected chi connectivity index (χ3v) is 4.58. The van der Waals surface area contributed by atoms with Crippen molar-refractivity contribution in [1.82, 2.24) is 4.98 Å². The van der Waals surface area contributed by atoms with Gasteiger partial charge in [-0.15, -0.1) is 11.3 Å². The molecule has 2 aromatic rings. The summed E-state index contributed by atoms with van der Waals surface area (Å²) in [5.41, 5.74) is 1.30. The highest BCUT2D eigenvalue weighted by Gasteiger charge is 2.15. The van der Waals surface area contributed by atoms with Crippen molar-refractivity contribution in [1.29, 1.82) is 0 Å². The maximum atomic E-state index is 10.8. The molecule has 1 heterocycles. The zero-order valence-electron chi connectivity index (χ0n) is 13.7. The van der Waals surface area contributed by atoms with E-state index in [1.54, 1.807) is 18.6 Å². The summed E-state index contributed by atoms with van der Waals surface area (Å²) in [6.45, 7) is 2.72. The molecule has 0 fully saturated rings. The van der Waals surface area contributed by atoms with Crippen molar-refractivity contribution in [3.63, 3.8) is 0 Å². The highest BCUT2D eigenvalue weighted by molar-refractivity contribution is 7.13. The van der Waals surface area contributed by atoms with Crippen LogP contribution in [-0.4, -0.2) is 29.8 Å². The van der Waals surface area contributed by atoms with Gasteiger partial charge in [-0.05, 0) is 18.6 Å². The van der Waals surface area contributed by atoms with E-state index in [0.717, 1.165) is 24.8 Å². The zero-order valence-corrected chi connectivity index (χ0v) is 15.2. The van der Waals surface area contributed by atoms with Gasteiger partial charge >= 0.3 is 5.97 Å². The number of unbranched alkanes of at least 4 members (excludes halogenated alkanes) is 2. The Balaban J connectivity index is 2.21. The van der Waals surface area contributed by atoms with Crippen LogP contribution in [0.1, 0.15) is 31.9 Å². The number of halogens is 1. The maximum Gasteiger partial charge on any atom is 0.309 e. The van der Waals surface area contributed by atoms with Crippen LogP contribution in [0.15, 0.2) is 17.5 Å². The van der Waals surface area contributed by atoms with Crippen LogP contribution in [0.4, 0.5) is 0 Å². The molecule has 0 amide bonds. The summed E-state index contributed by atoms with van der Waals surface area (Å²) in [7, 11) is 1.56. The van der Waals surface area contributed by atoms with Gasteiger partial charge in [-0.3, -0.25) is 4.79 Å². The molecule has 2 rings (SSSR count). The molecule has 0 radical (unpaired) electrons. The Kier molecular flexibility index (Phi) is 6.87. The Morgan fingerprint density at radius 3 is 2.83 bits per heavy atom. The van der Waals surface area contributed by atoms with Crippen LogP contribution in [0.25, 0.3) is 10.6 Å². The lowest BCUT2D eigenvalue weighted by Crippen LogP contribution is -2.01. The van der Waals surface area contributed by atoms with Gasteiger partial charge in [-0.1, -0.05) is 31.4 Å². The summed E-state index contributed by atoms with van der Waals surface area (Å²) in [6.07, 6.45) is 3.09. The van der Waals surface area contributed by atoms with Gasteiger partial charge in [-0.2, -0.15) is 0 Å². The number of thiazole rings is 1. The fourth-order valence-corrected chi connectivity index (χ4v) is 3.26. The summed E-state index contributed by atoms with van der Waals surface area (Å²) in [5, 5.41) is 11.7. The topological polar surface area (TPSA) is 68.7 Å². The molecule has 0 saturated heterocycles. The van der Waals surface area contributed by atoms with Crippen molar-refractivity contribution in [3.8, 4) is 22.1 Å². The number of carbonyl (C=O) groups is 1. The zero-order chi connectivity index (χ0) is 17.5. The Bertz CT molecular complexity index is 702. The second-order valence-corrected chi connectivity index (χ2v) is 6.52. The summed E-state index contributed by atoms with van der Waals surface area (Å²) in [5.74, 6) is 0.170. The van der Waals surface area contributed by atoms with Crippen LogP contribution in [0.2, 0.25) is 5.02 Å². The van der Waals surface area contributed by atoms with E-state index in [4.69, 9.17) is 26.2 Å². The Labute approximate surface area is 150 Å². The second kappa shape index (κ2) is 8.89. The van der Waals surface area contributed by atoms with Crippen LogP contribution in [0.5, 0.6) is 11.5 Å². The first kappa shape index (κ1) is 18.5. The predicted molar refractivity (Wildman–Crippen MR) is 95.5 cm³/mol. The minimum Gasteiger partial charge on any atom is -0.493 e. The first-order chi connectivity index (χ1) is 11.5. The van der Waals surface area contributed by atoms with E-state index in [9.17, 15) is 4.79 Å².